The van der Waals surface area contributed by atoms with Gasteiger partial charge in [-0.2, -0.15) is 0 Å². The minimum absolute atomic E-state index is 0.0428. The van der Waals surface area contributed by atoms with Gasteiger partial charge in [-0.25, -0.2) is 4.79 Å². The summed E-state index contributed by atoms with van der Waals surface area (Å²) in [6.07, 6.45) is 5.37. The molecule has 2 heterocycles. The minimum atomic E-state index is 0.0428. The Morgan fingerprint density at radius 1 is 0.885 bits per heavy atom. The molecule has 4 rings (SSSR count). The molecule has 2 aromatic rings. The van der Waals surface area contributed by atoms with Crippen LogP contribution in [0.5, 0.6) is 0 Å². The van der Waals surface area contributed by atoms with Gasteiger partial charge in [0, 0.05) is 37.6 Å². The average Bonchev–Trinajstić information content (AvgIpc) is 2.96. The van der Waals surface area contributed by atoms with Crippen molar-refractivity contribution in [1.82, 2.24) is 5.32 Å². The monoisotopic (exact) mass is 349 g/mol. The lowest BCUT2D eigenvalue weighted by Gasteiger charge is -2.24. The second-order valence-electron chi connectivity index (χ2n) is 7.19. The molecular formula is C22H27N3O. The van der Waals surface area contributed by atoms with Crippen molar-refractivity contribution in [2.45, 2.75) is 32.1 Å². The number of urea groups is 1. The van der Waals surface area contributed by atoms with Gasteiger partial charge in [-0.05, 0) is 55.4 Å². The number of hydrogen-bond donors (Lipinski definition) is 1. The third-order valence-electron chi connectivity index (χ3n) is 5.47. The highest BCUT2D eigenvalue weighted by Gasteiger charge is 2.21. The number of anilines is 2. The summed E-state index contributed by atoms with van der Waals surface area (Å²) in [7, 11) is 0. The number of carbonyl (C=O) groups is 1. The third kappa shape index (κ3) is 3.55. The van der Waals surface area contributed by atoms with E-state index in [1.165, 1.54) is 16.8 Å². The summed E-state index contributed by atoms with van der Waals surface area (Å²) in [5, 5.41) is 3.13. The van der Waals surface area contributed by atoms with Gasteiger partial charge in [0.25, 0.3) is 0 Å². The van der Waals surface area contributed by atoms with Crippen LogP contribution in [-0.2, 0) is 12.8 Å². The van der Waals surface area contributed by atoms with Gasteiger partial charge in [0.05, 0.1) is 0 Å². The first-order valence-corrected chi connectivity index (χ1v) is 9.79. The van der Waals surface area contributed by atoms with Gasteiger partial charge in [0.15, 0.2) is 0 Å². The van der Waals surface area contributed by atoms with Crippen molar-refractivity contribution >= 4 is 17.4 Å². The molecule has 0 aliphatic carbocycles. The second-order valence-corrected chi connectivity index (χ2v) is 7.19. The Balaban J connectivity index is 1.30. The molecule has 0 bridgehead atoms. The van der Waals surface area contributed by atoms with E-state index < -0.39 is 0 Å². The van der Waals surface area contributed by atoms with Gasteiger partial charge >= 0.3 is 6.03 Å². The highest BCUT2D eigenvalue weighted by Crippen LogP contribution is 2.27. The summed E-state index contributed by atoms with van der Waals surface area (Å²) >= 11 is 0. The molecule has 2 amide bonds. The zero-order valence-corrected chi connectivity index (χ0v) is 15.3. The number of nitrogens with one attached hydrogen (secondary N) is 1. The Bertz CT molecular complexity index is 773. The molecule has 2 aliphatic heterocycles. The molecule has 0 atom stereocenters. The maximum absolute atomic E-state index is 12.7. The van der Waals surface area contributed by atoms with E-state index in [0.717, 1.165) is 64.0 Å². The molecule has 4 heteroatoms. The first-order valence-electron chi connectivity index (χ1n) is 9.79. The van der Waals surface area contributed by atoms with E-state index in [4.69, 9.17) is 0 Å². The van der Waals surface area contributed by atoms with E-state index in [9.17, 15) is 4.79 Å². The van der Waals surface area contributed by atoms with Gasteiger partial charge < -0.3 is 10.2 Å². The molecule has 1 N–H and O–H groups in total. The van der Waals surface area contributed by atoms with Crippen molar-refractivity contribution in [1.29, 1.82) is 0 Å². The summed E-state index contributed by atoms with van der Waals surface area (Å²) in [6.45, 7) is 3.61. The highest BCUT2D eigenvalue weighted by molar-refractivity contribution is 5.92. The van der Waals surface area contributed by atoms with Crippen molar-refractivity contribution in [3.63, 3.8) is 0 Å². The largest absolute Gasteiger partial charge is 0.371 e. The zero-order valence-electron chi connectivity index (χ0n) is 15.3. The van der Waals surface area contributed by atoms with E-state index in [0.29, 0.717) is 0 Å². The molecule has 0 unspecified atom stereocenters. The Kier molecular flexibility index (Phi) is 5.09. The predicted octanol–water partition coefficient (Wildman–Crippen LogP) is 3.99. The van der Waals surface area contributed by atoms with Crippen molar-refractivity contribution in [2.24, 2.45) is 0 Å². The topological polar surface area (TPSA) is 35.6 Å². The van der Waals surface area contributed by atoms with E-state index >= 15 is 0 Å². The fraction of sp³-hybridized carbons (Fsp3) is 0.409. The van der Waals surface area contributed by atoms with Crippen LogP contribution < -0.4 is 15.1 Å². The van der Waals surface area contributed by atoms with Crippen molar-refractivity contribution in [3.05, 3.63) is 59.7 Å². The van der Waals surface area contributed by atoms with Gasteiger partial charge in [0.2, 0.25) is 0 Å². The molecule has 136 valence electrons. The van der Waals surface area contributed by atoms with E-state index in [1.54, 1.807) is 0 Å². The first-order chi connectivity index (χ1) is 12.8. The summed E-state index contributed by atoms with van der Waals surface area (Å²) in [5.41, 5.74) is 5.17. The van der Waals surface area contributed by atoms with Crippen LogP contribution in [0.15, 0.2) is 48.5 Å². The summed E-state index contributed by atoms with van der Waals surface area (Å²) < 4.78 is 0. The zero-order chi connectivity index (χ0) is 17.8. The van der Waals surface area contributed by atoms with E-state index in [-0.39, 0.29) is 6.03 Å². The van der Waals surface area contributed by atoms with Crippen LogP contribution in [0.2, 0.25) is 0 Å². The fourth-order valence-electron chi connectivity index (χ4n) is 4.10. The lowest BCUT2D eigenvalue weighted by Crippen LogP contribution is -2.41. The number of carbonyl (C=O) groups excluding carboxylic acids is 1. The van der Waals surface area contributed by atoms with Crippen LogP contribution in [0.25, 0.3) is 0 Å². The Morgan fingerprint density at radius 3 is 2.46 bits per heavy atom. The number of nitrogens with zero attached hydrogens (tertiary/aromatic N) is 2. The quantitative estimate of drug-likeness (QED) is 0.847. The summed E-state index contributed by atoms with van der Waals surface area (Å²) in [4.78, 5) is 17.1. The molecule has 0 radical (unpaired) electrons. The van der Waals surface area contributed by atoms with Crippen molar-refractivity contribution in [2.75, 3.05) is 36.0 Å². The minimum Gasteiger partial charge on any atom is -0.371 e. The fourth-order valence-corrected chi connectivity index (χ4v) is 4.10. The van der Waals surface area contributed by atoms with Crippen molar-refractivity contribution in [3.8, 4) is 0 Å². The van der Waals surface area contributed by atoms with E-state index in [1.807, 2.05) is 11.0 Å². The van der Waals surface area contributed by atoms with E-state index in [2.05, 4.69) is 52.7 Å². The second kappa shape index (κ2) is 7.81. The lowest BCUT2D eigenvalue weighted by atomic mass is 10.1. The highest BCUT2D eigenvalue weighted by atomic mass is 16.2. The standard InChI is InChI=1S/C22H27N3O/c26-22(25-16-6-5-10-18-8-2-4-12-21(18)25)23-14-7-15-24-17-13-19-9-1-3-11-20(19)24/h1-4,8-9,11-12H,5-7,10,13-17H2,(H,23,26). The number of fused-ring (bicyclic) bond motifs is 2. The number of hydrogen-bond acceptors (Lipinski definition) is 2. The van der Waals surface area contributed by atoms with Crippen LogP contribution in [0.4, 0.5) is 16.2 Å². The van der Waals surface area contributed by atoms with Gasteiger partial charge in [0.1, 0.15) is 0 Å². The molecule has 26 heavy (non-hydrogen) atoms. The number of rotatable bonds is 4. The third-order valence-corrected chi connectivity index (χ3v) is 5.47. The molecule has 4 nitrogen and oxygen atoms in total. The van der Waals surface area contributed by atoms with Crippen LogP contribution in [0.3, 0.4) is 0 Å². The first kappa shape index (κ1) is 17.0. The number of para-hydroxylation sites is 2. The number of aryl methyl sites for hydroxylation is 1. The smallest absolute Gasteiger partial charge is 0.321 e. The SMILES string of the molecule is O=C(NCCCN1CCc2ccccc21)N1CCCCc2ccccc21. The van der Waals surface area contributed by atoms with Crippen LogP contribution in [0.1, 0.15) is 30.4 Å². The molecular weight excluding hydrogens is 322 g/mol. The maximum atomic E-state index is 12.7. The van der Waals surface area contributed by atoms with Crippen LogP contribution in [-0.4, -0.2) is 32.2 Å². The summed E-state index contributed by atoms with van der Waals surface area (Å²) in [6, 6.07) is 17.0. The molecule has 0 spiro atoms. The number of benzene rings is 2. The van der Waals surface area contributed by atoms with Crippen LogP contribution in [0, 0.1) is 0 Å². The molecule has 0 aromatic heterocycles. The molecule has 0 saturated carbocycles. The average molecular weight is 349 g/mol. The lowest BCUT2D eigenvalue weighted by molar-refractivity contribution is 0.246. The van der Waals surface area contributed by atoms with Gasteiger partial charge in [-0.3, -0.25) is 4.90 Å². The predicted molar refractivity (Wildman–Crippen MR) is 107 cm³/mol. The number of amides is 2. The van der Waals surface area contributed by atoms with Gasteiger partial charge in [-0.15, -0.1) is 0 Å². The Hall–Kier alpha value is -2.49. The Morgan fingerprint density at radius 2 is 1.62 bits per heavy atom. The van der Waals surface area contributed by atoms with Crippen LogP contribution >= 0.6 is 0 Å². The molecule has 2 aliphatic rings. The molecule has 2 aromatic carbocycles. The Labute approximate surface area is 155 Å². The normalized spacial score (nSPS) is 16.0. The molecule has 0 saturated heterocycles. The van der Waals surface area contributed by atoms with Gasteiger partial charge in [-0.1, -0.05) is 36.4 Å². The maximum Gasteiger partial charge on any atom is 0.321 e. The molecule has 0 fully saturated rings. The summed E-state index contributed by atoms with van der Waals surface area (Å²) in [5.74, 6) is 0. The van der Waals surface area contributed by atoms with Crippen molar-refractivity contribution < 1.29 is 4.79 Å².